The fourth-order valence-corrected chi connectivity index (χ4v) is 3.61. The second kappa shape index (κ2) is 7.35. The van der Waals surface area contributed by atoms with Gasteiger partial charge < -0.3 is 9.42 Å². The Bertz CT molecular complexity index is 946. The van der Waals surface area contributed by atoms with Gasteiger partial charge in [-0.1, -0.05) is 64.8 Å². The summed E-state index contributed by atoms with van der Waals surface area (Å²) in [7, 11) is 0. The van der Waals surface area contributed by atoms with Crippen molar-refractivity contribution in [1.82, 2.24) is 15.0 Å². The minimum atomic E-state index is -0.131. The van der Waals surface area contributed by atoms with Crippen molar-refractivity contribution < 1.29 is 9.32 Å². The molecule has 0 aliphatic carbocycles. The van der Waals surface area contributed by atoms with Gasteiger partial charge in [-0.05, 0) is 32.3 Å². The molecule has 1 aliphatic heterocycles. The van der Waals surface area contributed by atoms with Gasteiger partial charge in [-0.2, -0.15) is 4.98 Å². The van der Waals surface area contributed by atoms with Crippen LogP contribution in [0.15, 0.2) is 53.1 Å². The Morgan fingerprint density at radius 2 is 1.96 bits per heavy atom. The molecule has 2 aromatic carbocycles. The van der Waals surface area contributed by atoms with E-state index >= 15 is 0 Å². The lowest BCUT2D eigenvalue weighted by molar-refractivity contribution is -0.131. The molecule has 1 atom stereocenters. The lowest BCUT2D eigenvalue weighted by Crippen LogP contribution is -2.32. The molecule has 1 fully saturated rings. The fourth-order valence-electron chi connectivity index (χ4n) is 3.61. The summed E-state index contributed by atoms with van der Waals surface area (Å²) in [4.78, 5) is 19.3. The minimum absolute atomic E-state index is 0.109. The third-order valence-corrected chi connectivity index (χ3v) is 5.05. The molecule has 1 amide bonds. The molecule has 5 nitrogen and oxygen atoms in total. The van der Waals surface area contributed by atoms with Crippen molar-refractivity contribution in [3.8, 4) is 11.4 Å². The Morgan fingerprint density at radius 3 is 2.74 bits per heavy atom. The second-order valence-electron chi connectivity index (χ2n) is 7.23. The van der Waals surface area contributed by atoms with Gasteiger partial charge in [0.25, 0.3) is 0 Å². The van der Waals surface area contributed by atoms with E-state index in [2.05, 4.69) is 16.2 Å². The summed E-state index contributed by atoms with van der Waals surface area (Å²) in [5, 5.41) is 4.13. The highest BCUT2D eigenvalue weighted by atomic mass is 16.5. The third-order valence-electron chi connectivity index (χ3n) is 5.05. The molecule has 1 saturated heterocycles. The topological polar surface area (TPSA) is 59.2 Å². The number of benzene rings is 2. The smallest absolute Gasteiger partial charge is 0.249 e. The van der Waals surface area contributed by atoms with Gasteiger partial charge in [0.2, 0.25) is 17.6 Å². The number of amides is 1. The van der Waals surface area contributed by atoms with Crippen molar-refractivity contribution in [2.75, 3.05) is 6.54 Å². The van der Waals surface area contributed by atoms with Crippen molar-refractivity contribution in [2.24, 2.45) is 0 Å². The number of aromatic nitrogens is 2. The molecule has 4 rings (SSSR count). The molecule has 0 unspecified atom stereocenters. The molecule has 1 aromatic heterocycles. The maximum atomic E-state index is 12.9. The van der Waals surface area contributed by atoms with E-state index in [1.54, 1.807) is 0 Å². The van der Waals surface area contributed by atoms with E-state index in [1.807, 2.05) is 61.2 Å². The first-order valence-corrected chi connectivity index (χ1v) is 9.36. The normalized spacial score (nSPS) is 16.7. The molecule has 0 N–H and O–H groups in total. The van der Waals surface area contributed by atoms with E-state index in [4.69, 9.17) is 4.52 Å². The van der Waals surface area contributed by atoms with Crippen LogP contribution < -0.4 is 0 Å². The van der Waals surface area contributed by atoms with E-state index in [-0.39, 0.29) is 11.9 Å². The molecule has 0 radical (unpaired) electrons. The summed E-state index contributed by atoms with van der Waals surface area (Å²) in [5.41, 5.74) is 4.31. The van der Waals surface area contributed by atoms with Gasteiger partial charge in [0, 0.05) is 12.1 Å². The number of aryl methyl sites for hydroxylation is 2. The zero-order valence-corrected chi connectivity index (χ0v) is 15.7. The SMILES string of the molecule is Cc1ccc(-c2noc([C@@H]3CCCN3C(=O)Cc3cccc(C)c3)n2)cc1. The van der Waals surface area contributed by atoms with Crippen LogP contribution in [0, 0.1) is 13.8 Å². The second-order valence-corrected chi connectivity index (χ2v) is 7.23. The molecule has 27 heavy (non-hydrogen) atoms. The summed E-state index contributed by atoms with van der Waals surface area (Å²) in [5.74, 6) is 1.21. The van der Waals surface area contributed by atoms with Crippen LogP contribution in [0.2, 0.25) is 0 Å². The Morgan fingerprint density at radius 1 is 1.15 bits per heavy atom. The predicted octanol–water partition coefficient (Wildman–Crippen LogP) is 4.26. The molecule has 138 valence electrons. The van der Waals surface area contributed by atoms with Gasteiger partial charge in [0.05, 0.1) is 6.42 Å². The molecular weight excluding hydrogens is 338 g/mol. The van der Waals surface area contributed by atoms with Gasteiger partial charge in [0.15, 0.2) is 0 Å². The summed E-state index contributed by atoms with van der Waals surface area (Å²) in [6.07, 6.45) is 2.21. The third kappa shape index (κ3) is 3.77. The van der Waals surface area contributed by atoms with Crippen LogP contribution >= 0.6 is 0 Å². The Hall–Kier alpha value is -2.95. The maximum Gasteiger partial charge on any atom is 0.249 e. The number of hydrogen-bond acceptors (Lipinski definition) is 4. The number of rotatable bonds is 4. The summed E-state index contributed by atoms with van der Waals surface area (Å²) >= 11 is 0. The maximum absolute atomic E-state index is 12.9. The van der Waals surface area contributed by atoms with Crippen LogP contribution in [0.1, 0.15) is 41.5 Å². The van der Waals surface area contributed by atoms with Crippen LogP contribution in [0.5, 0.6) is 0 Å². The van der Waals surface area contributed by atoms with E-state index in [1.165, 1.54) is 5.56 Å². The zero-order valence-electron chi connectivity index (χ0n) is 15.7. The Labute approximate surface area is 159 Å². The largest absolute Gasteiger partial charge is 0.337 e. The van der Waals surface area contributed by atoms with Crippen molar-refractivity contribution in [3.63, 3.8) is 0 Å². The number of carbonyl (C=O) groups is 1. The molecule has 5 heteroatoms. The number of carbonyl (C=O) groups excluding carboxylic acids is 1. The van der Waals surface area contributed by atoms with Gasteiger partial charge >= 0.3 is 0 Å². The van der Waals surface area contributed by atoms with Gasteiger partial charge in [0.1, 0.15) is 6.04 Å². The van der Waals surface area contributed by atoms with Crippen LogP contribution in [-0.4, -0.2) is 27.5 Å². The minimum Gasteiger partial charge on any atom is -0.337 e. The molecule has 0 saturated carbocycles. The highest BCUT2D eigenvalue weighted by Crippen LogP contribution is 2.32. The van der Waals surface area contributed by atoms with Crippen LogP contribution in [0.4, 0.5) is 0 Å². The average Bonchev–Trinajstić information content (AvgIpc) is 3.31. The quantitative estimate of drug-likeness (QED) is 0.697. The number of hydrogen-bond donors (Lipinski definition) is 0. The molecule has 0 spiro atoms. The summed E-state index contributed by atoms with van der Waals surface area (Å²) in [6, 6.07) is 16.0. The summed E-state index contributed by atoms with van der Waals surface area (Å²) in [6.45, 7) is 4.82. The lowest BCUT2D eigenvalue weighted by atomic mass is 10.1. The zero-order chi connectivity index (χ0) is 18.8. The van der Waals surface area contributed by atoms with Crippen LogP contribution in [0.3, 0.4) is 0 Å². The first kappa shape index (κ1) is 17.5. The van der Waals surface area contributed by atoms with Crippen molar-refractivity contribution in [1.29, 1.82) is 0 Å². The molecular formula is C22H23N3O2. The van der Waals surface area contributed by atoms with Gasteiger partial charge in [-0.3, -0.25) is 4.79 Å². The van der Waals surface area contributed by atoms with E-state index in [9.17, 15) is 4.79 Å². The highest BCUT2D eigenvalue weighted by molar-refractivity contribution is 5.79. The van der Waals surface area contributed by atoms with Gasteiger partial charge in [-0.15, -0.1) is 0 Å². The molecule has 1 aliphatic rings. The standard InChI is InChI=1S/C22H23N3O2/c1-15-8-10-18(11-9-15)21-23-22(27-24-21)19-7-4-12-25(19)20(26)14-17-6-3-5-16(2)13-17/h3,5-6,8-11,13,19H,4,7,12,14H2,1-2H3/t19-/m0/s1. The van der Waals surface area contributed by atoms with Gasteiger partial charge in [-0.25, -0.2) is 0 Å². The van der Waals surface area contributed by atoms with Crippen molar-refractivity contribution in [2.45, 2.75) is 39.2 Å². The van der Waals surface area contributed by atoms with Crippen molar-refractivity contribution >= 4 is 5.91 Å². The molecule has 0 bridgehead atoms. The van der Waals surface area contributed by atoms with Crippen LogP contribution in [0.25, 0.3) is 11.4 Å². The highest BCUT2D eigenvalue weighted by Gasteiger charge is 2.34. The van der Waals surface area contributed by atoms with E-state index in [0.29, 0.717) is 18.1 Å². The molecule has 3 aromatic rings. The van der Waals surface area contributed by atoms with Crippen LogP contribution in [-0.2, 0) is 11.2 Å². The number of likely N-dealkylation sites (tertiary alicyclic amines) is 1. The monoisotopic (exact) mass is 361 g/mol. The van der Waals surface area contributed by atoms with E-state index in [0.717, 1.165) is 36.1 Å². The Kier molecular flexibility index (Phi) is 4.75. The Balaban J connectivity index is 1.51. The fraction of sp³-hybridized carbons (Fsp3) is 0.318. The number of nitrogens with zero attached hydrogens (tertiary/aromatic N) is 3. The average molecular weight is 361 g/mol. The van der Waals surface area contributed by atoms with Crippen molar-refractivity contribution in [3.05, 3.63) is 71.1 Å². The summed E-state index contributed by atoms with van der Waals surface area (Å²) < 4.78 is 5.53. The predicted molar refractivity (Wildman–Crippen MR) is 103 cm³/mol. The molecule has 2 heterocycles. The van der Waals surface area contributed by atoms with E-state index < -0.39 is 0 Å². The lowest BCUT2D eigenvalue weighted by Gasteiger charge is -2.22. The first-order chi connectivity index (χ1) is 13.1. The first-order valence-electron chi connectivity index (χ1n) is 9.36.